The number of unbranched alkanes of at least 4 members (excludes halogenated alkanes) is 4. The average Bonchev–Trinajstić information content (AvgIpc) is 2.99. The molecule has 3 rings (SSSR count). The maximum Gasteiger partial charge on any atom is 0.416 e. The SMILES string of the molecule is O=C(Nc1cccc(CCCCOCCCCCCNC[C@@H](O)c2ccc(O)c(CO)c2)c1)Nc1cccc(C(F)(F)F)c1. The number of carbonyl (C=O) groups is 1. The van der Waals surface area contributed by atoms with Crippen molar-refractivity contribution in [3.63, 3.8) is 0 Å². The summed E-state index contributed by atoms with van der Waals surface area (Å²) in [6.45, 7) is 2.30. The number of benzene rings is 3. The zero-order valence-electron chi connectivity index (χ0n) is 24.7. The monoisotopic (exact) mass is 617 g/mol. The first-order valence-electron chi connectivity index (χ1n) is 14.9. The van der Waals surface area contributed by atoms with E-state index < -0.39 is 23.9 Å². The average molecular weight is 618 g/mol. The third-order valence-electron chi connectivity index (χ3n) is 7.03. The Morgan fingerprint density at radius 3 is 2.25 bits per heavy atom. The van der Waals surface area contributed by atoms with Crippen LogP contribution in [0.2, 0.25) is 0 Å². The molecule has 44 heavy (non-hydrogen) atoms. The number of aromatic hydroxyl groups is 1. The number of rotatable bonds is 18. The maximum atomic E-state index is 12.9. The number of aliphatic hydroxyl groups excluding tert-OH is 2. The lowest BCUT2D eigenvalue weighted by Crippen LogP contribution is -2.22. The quantitative estimate of drug-likeness (QED) is 0.0876. The smallest absolute Gasteiger partial charge is 0.416 e. The van der Waals surface area contributed by atoms with Gasteiger partial charge in [-0.2, -0.15) is 13.2 Å². The van der Waals surface area contributed by atoms with Crippen LogP contribution in [0.25, 0.3) is 0 Å². The third-order valence-corrected chi connectivity index (χ3v) is 7.03. The van der Waals surface area contributed by atoms with Gasteiger partial charge < -0.3 is 36.0 Å². The summed E-state index contributed by atoms with van der Waals surface area (Å²) in [7, 11) is 0. The van der Waals surface area contributed by atoms with Gasteiger partial charge in [-0.25, -0.2) is 4.79 Å². The first-order chi connectivity index (χ1) is 21.2. The lowest BCUT2D eigenvalue weighted by atomic mass is 10.1. The van der Waals surface area contributed by atoms with Crippen molar-refractivity contribution < 1.29 is 38.0 Å². The van der Waals surface area contributed by atoms with Crippen molar-refractivity contribution >= 4 is 17.4 Å². The Hall–Kier alpha value is -3.64. The van der Waals surface area contributed by atoms with Crippen molar-refractivity contribution in [2.75, 3.05) is 36.9 Å². The third kappa shape index (κ3) is 12.5. The van der Waals surface area contributed by atoms with E-state index in [9.17, 15) is 33.3 Å². The molecule has 2 amide bonds. The van der Waals surface area contributed by atoms with Gasteiger partial charge in [0.1, 0.15) is 5.75 Å². The topological polar surface area (TPSA) is 123 Å². The molecule has 1 atom stereocenters. The second-order valence-corrected chi connectivity index (χ2v) is 10.6. The maximum absolute atomic E-state index is 12.9. The molecule has 240 valence electrons. The van der Waals surface area contributed by atoms with Gasteiger partial charge in [-0.05, 0) is 92.2 Å². The van der Waals surface area contributed by atoms with E-state index in [1.807, 2.05) is 18.2 Å². The molecule has 0 aliphatic carbocycles. The molecule has 0 heterocycles. The van der Waals surface area contributed by atoms with Gasteiger partial charge in [-0.3, -0.25) is 0 Å². The van der Waals surface area contributed by atoms with Crippen LogP contribution in [0.4, 0.5) is 29.3 Å². The molecule has 0 fully saturated rings. The van der Waals surface area contributed by atoms with E-state index in [1.165, 1.54) is 18.2 Å². The number of urea groups is 1. The number of carbonyl (C=O) groups excluding carboxylic acids is 1. The number of anilines is 2. The fourth-order valence-corrected chi connectivity index (χ4v) is 4.61. The van der Waals surface area contributed by atoms with Gasteiger partial charge in [0.15, 0.2) is 0 Å². The van der Waals surface area contributed by atoms with Crippen LogP contribution in [-0.2, 0) is 23.9 Å². The minimum atomic E-state index is -4.48. The number of hydrogen-bond acceptors (Lipinski definition) is 6. The molecule has 0 aromatic heterocycles. The summed E-state index contributed by atoms with van der Waals surface area (Å²) in [4.78, 5) is 12.3. The molecular formula is C33H42F3N3O5. The molecule has 0 bridgehead atoms. The highest BCUT2D eigenvalue weighted by Gasteiger charge is 2.30. The van der Waals surface area contributed by atoms with Crippen LogP contribution >= 0.6 is 0 Å². The second-order valence-electron chi connectivity index (χ2n) is 10.6. The van der Waals surface area contributed by atoms with Crippen molar-refractivity contribution in [3.05, 3.63) is 89.0 Å². The number of hydrogen-bond donors (Lipinski definition) is 6. The summed E-state index contributed by atoms with van der Waals surface area (Å²) in [6, 6.07) is 16.0. The normalized spacial score (nSPS) is 12.2. The van der Waals surface area contributed by atoms with Crippen LogP contribution in [-0.4, -0.2) is 47.7 Å². The highest BCUT2D eigenvalue weighted by Crippen LogP contribution is 2.30. The molecule has 3 aromatic carbocycles. The standard InChI is InChI=1S/C33H42F3N3O5/c34-33(35,36)27-11-8-13-29(21-27)39-32(43)38-28-12-7-10-24(19-28)9-3-6-18-44-17-5-2-1-4-16-37-22-31(42)25-14-15-30(41)26(20-25)23-40/h7-8,10-15,19-21,31,37,40-42H,1-6,9,16-18,22-23H2,(H2,38,39,43)/t31-/m1/s1. The first kappa shape index (κ1) is 34.8. The predicted molar refractivity (Wildman–Crippen MR) is 165 cm³/mol. The van der Waals surface area contributed by atoms with E-state index in [1.54, 1.807) is 18.2 Å². The summed E-state index contributed by atoms with van der Waals surface area (Å²) < 4.78 is 44.4. The fraction of sp³-hybridized carbons (Fsp3) is 0.424. The van der Waals surface area contributed by atoms with Gasteiger partial charge in [0.2, 0.25) is 0 Å². The molecule has 6 N–H and O–H groups in total. The summed E-state index contributed by atoms with van der Waals surface area (Å²) in [5, 5.41) is 37.5. The zero-order valence-corrected chi connectivity index (χ0v) is 24.7. The van der Waals surface area contributed by atoms with E-state index in [2.05, 4.69) is 16.0 Å². The van der Waals surface area contributed by atoms with E-state index in [4.69, 9.17) is 4.74 Å². The number of aryl methyl sites for hydroxylation is 1. The van der Waals surface area contributed by atoms with Crippen LogP contribution in [0.1, 0.15) is 66.9 Å². The van der Waals surface area contributed by atoms with Crippen molar-refractivity contribution in [2.45, 2.75) is 63.8 Å². The van der Waals surface area contributed by atoms with Crippen molar-refractivity contribution in [1.29, 1.82) is 0 Å². The molecule has 3 aromatic rings. The number of ether oxygens (including phenoxy) is 1. The Bertz CT molecular complexity index is 1310. The molecule has 11 heteroatoms. The lowest BCUT2D eigenvalue weighted by molar-refractivity contribution is -0.137. The highest BCUT2D eigenvalue weighted by atomic mass is 19.4. The molecular weight excluding hydrogens is 575 g/mol. The van der Waals surface area contributed by atoms with Gasteiger partial charge in [0.25, 0.3) is 0 Å². The summed E-state index contributed by atoms with van der Waals surface area (Å²) in [6.07, 6.45) is 1.54. The zero-order chi connectivity index (χ0) is 31.8. The molecule has 0 unspecified atom stereocenters. The van der Waals surface area contributed by atoms with Gasteiger partial charge in [-0.1, -0.05) is 37.1 Å². The number of nitrogens with one attached hydrogen (secondary N) is 3. The van der Waals surface area contributed by atoms with Crippen molar-refractivity contribution in [3.8, 4) is 5.75 Å². The number of amides is 2. The molecule has 0 radical (unpaired) electrons. The first-order valence-corrected chi connectivity index (χ1v) is 14.9. The minimum Gasteiger partial charge on any atom is -0.508 e. The van der Waals surface area contributed by atoms with E-state index in [0.29, 0.717) is 36.6 Å². The molecule has 0 aliphatic heterocycles. The van der Waals surface area contributed by atoms with Crippen molar-refractivity contribution in [1.82, 2.24) is 5.32 Å². The largest absolute Gasteiger partial charge is 0.508 e. The van der Waals surface area contributed by atoms with E-state index in [-0.39, 0.29) is 18.0 Å². The summed E-state index contributed by atoms with van der Waals surface area (Å²) in [5.41, 5.74) is 1.88. The van der Waals surface area contributed by atoms with Gasteiger partial charge in [0, 0.05) is 36.7 Å². The lowest BCUT2D eigenvalue weighted by Gasteiger charge is -2.14. The fourth-order valence-electron chi connectivity index (χ4n) is 4.61. The minimum absolute atomic E-state index is 0.0177. The molecule has 0 saturated heterocycles. The van der Waals surface area contributed by atoms with Crippen LogP contribution in [0.15, 0.2) is 66.7 Å². The van der Waals surface area contributed by atoms with Crippen LogP contribution in [0.5, 0.6) is 5.75 Å². The molecule has 8 nitrogen and oxygen atoms in total. The summed E-state index contributed by atoms with van der Waals surface area (Å²) in [5.74, 6) is 0.0177. The summed E-state index contributed by atoms with van der Waals surface area (Å²) >= 11 is 0. The number of alkyl halides is 3. The van der Waals surface area contributed by atoms with Crippen LogP contribution < -0.4 is 16.0 Å². The predicted octanol–water partition coefficient (Wildman–Crippen LogP) is 6.77. The van der Waals surface area contributed by atoms with Crippen LogP contribution in [0.3, 0.4) is 0 Å². The van der Waals surface area contributed by atoms with E-state index in [0.717, 1.165) is 69.2 Å². The number of phenols is 1. The Morgan fingerprint density at radius 1 is 0.841 bits per heavy atom. The molecule has 0 aliphatic rings. The van der Waals surface area contributed by atoms with Crippen LogP contribution in [0, 0.1) is 0 Å². The van der Waals surface area contributed by atoms with Gasteiger partial charge in [-0.15, -0.1) is 0 Å². The van der Waals surface area contributed by atoms with Gasteiger partial charge in [0.05, 0.1) is 18.3 Å². The Labute approximate surface area is 256 Å². The molecule has 0 spiro atoms. The Balaban J connectivity index is 1.19. The molecule has 0 saturated carbocycles. The van der Waals surface area contributed by atoms with E-state index >= 15 is 0 Å². The number of aliphatic hydroxyl groups is 2. The number of halogens is 3. The second kappa shape index (κ2) is 18.2. The van der Waals surface area contributed by atoms with Crippen molar-refractivity contribution in [2.24, 2.45) is 0 Å². The van der Waals surface area contributed by atoms with Gasteiger partial charge >= 0.3 is 12.2 Å². The highest BCUT2D eigenvalue weighted by molar-refractivity contribution is 5.99. The Kier molecular flexibility index (Phi) is 14.4. The Morgan fingerprint density at radius 2 is 1.52 bits per heavy atom.